The Morgan fingerprint density at radius 2 is 2.00 bits per heavy atom. The van der Waals surface area contributed by atoms with Gasteiger partial charge in [-0.15, -0.1) is 0 Å². The van der Waals surface area contributed by atoms with E-state index in [0.717, 1.165) is 16.6 Å². The number of imidazole rings is 1. The number of fused-ring (bicyclic) bond motifs is 1. The van der Waals surface area contributed by atoms with Gasteiger partial charge in [0.2, 0.25) is 0 Å². The molecule has 0 amide bonds. The number of hydrogen-bond acceptors (Lipinski definition) is 2. The van der Waals surface area contributed by atoms with Crippen LogP contribution in [0, 0.1) is 4.91 Å². The molecule has 1 heterocycles. The predicted molar refractivity (Wildman–Crippen MR) is 69.3 cm³/mol. The minimum absolute atomic E-state index is 0.580. The number of nitrogens with one attached hydrogen (secondary N) is 1. The van der Waals surface area contributed by atoms with Gasteiger partial charge in [-0.2, -0.15) is 0 Å². The molecule has 3 rings (SSSR count). The number of para-hydroxylation sites is 2. The first-order chi connectivity index (χ1) is 8.86. The topological polar surface area (TPSA) is 48.9 Å². The zero-order chi connectivity index (χ0) is 12.4. The van der Waals surface area contributed by atoms with Crippen LogP contribution in [-0.2, 0) is 6.54 Å². The van der Waals surface area contributed by atoms with Crippen molar-refractivity contribution in [3.63, 3.8) is 0 Å². The molecule has 0 saturated carbocycles. The van der Waals surface area contributed by atoms with Crippen LogP contribution in [0.4, 0.5) is 5.69 Å². The summed E-state index contributed by atoms with van der Waals surface area (Å²) >= 11 is 0. The third kappa shape index (κ3) is 1.88. The molecule has 1 aromatic heterocycles. The van der Waals surface area contributed by atoms with E-state index in [4.69, 9.17) is 0 Å². The fraction of sp³-hybridized carbons (Fsp3) is 0.0714. The van der Waals surface area contributed by atoms with Crippen LogP contribution in [0.25, 0.3) is 11.0 Å². The molecule has 88 valence electrons. The first-order valence-electron chi connectivity index (χ1n) is 5.74. The molecule has 4 heteroatoms. The zero-order valence-electron chi connectivity index (χ0n) is 9.71. The normalized spacial score (nSPS) is 10.7. The predicted octanol–water partition coefficient (Wildman–Crippen LogP) is 1.56. The number of aromatic nitrogens is 2. The smallest absolute Gasteiger partial charge is 0.253 e. The molecule has 0 spiro atoms. The van der Waals surface area contributed by atoms with Crippen molar-refractivity contribution in [1.29, 1.82) is 0 Å². The molecule has 0 saturated heterocycles. The van der Waals surface area contributed by atoms with Crippen LogP contribution in [0.5, 0.6) is 0 Å². The molecule has 2 aromatic carbocycles. The minimum Gasteiger partial charge on any atom is -0.326 e. The molecule has 0 aliphatic heterocycles. The summed E-state index contributed by atoms with van der Waals surface area (Å²) in [6, 6.07) is 15.5. The third-order valence-electron chi connectivity index (χ3n) is 2.93. The Kier molecular flexibility index (Phi) is 2.61. The van der Waals surface area contributed by atoms with Crippen molar-refractivity contribution in [1.82, 2.24) is 9.55 Å². The molecular weight excluding hydrogens is 226 g/mol. The van der Waals surface area contributed by atoms with Crippen LogP contribution in [0.2, 0.25) is 0 Å². The highest BCUT2D eigenvalue weighted by atomic mass is 16.3. The summed E-state index contributed by atoms with van der Waals surface area (Å²) < 4.78 is 2.07. The maximum Gasteiger partial charge on any atom is 0.253 e. The number of hydrogen-bond donors (Lipinski definition) is 1. The van der Waals surface area contributed by atoms with E-state index in [0.29, 0.717) is 12.2 Å². The van der Waals surface area contributed by atoms with Gasteiger partial charge in [-0.05, 0) is 17.7 Å². The van der Waals surface area contributed by atoms with Gasteiger partial charge in [-0.25, -0.2) is 4.98 Å². The Hall–Kier alpha value is -2.49. The maximum absolute atomic E-state index is 10.6. The molecule has 18 heavy (non-hydrogen) atoms. The highest BCUT2D eigenvalue weighted by Crippen LogP contribution is 2.14. The number of nitroso groups, excluding NO2 is 1. The van der Waals surface area contributed by atoms with Crippen molar-refractivity contribution < 1.29 is 5.18 Å². The fourth-order valence-corrected chi connectivity index (χ4v) is 2.07. The molecule has 0 bridgehead atoms. The van der Waals surface area contributed by atoms with Crippen molar-refractivity contribution in [3.8, 4) is 0 Å². The Balaban J connectivity index is 1.98. The van der Waals surface area contributed by atoms with Crippen molar-refractivity contribution in [2.45, 2.75) is 6.54 Å². The van der Waals surface area contributed by atoms with E-state index in [1.807, 2.05) is 54.0 Å². The zero-order valence-corrected chi connectivity index (χ0v) is 9.71. The molecule has 0 aliphatic carbocycles. The van der Waals surface area contributed by atoms with Gasteiger partial charge in [-0.3, -0.25) is 0 Å². The summed E-state index contributed by atoms with van der Waals surface area (Å²) in [4.78, 5) is 15.0. The van der Waals surface area contributed by atoms with Gasteiger partial charge in [-0.1, -0.05) is 24.3 Å². The second-order valence-corrected chi connectivity index (χ2v) is 4.16. The summed E-state index contributed by atoms with van der Waals surface area (Å²) in [7, 11) is 0. The van der Waals surface area contributed by atoms with E-state index in [2.05, 4.69) is 9.55 Å². The number of benzene rings is 2. The lowest BCUT2D eigenvalue weighted by molar-refractivity contribution is -0.379. The van der Waals surface area contributed by atoms with Gasteiger partial charge in [0.25, 0.3) is 5.69 Å². The van der Waals surface area contributed by atoms with Gasteiger partial charge in [0.15, 0.2) is 0 Å². The van der Waals surface area contributed by atoms with E-state index < -0.39 is 0 Å². The average Bonchev–Trinajstić information content (AvgIpc) is 2.83. The van der Waals surface area contributed by atoms with Crippen LogP contribution in [0.15, 0.2) is 54.9 Å². The van der Waals surface area contributed by atoms with Crippen LogP contribution in [0.3, 0.4) is 0 Å². The van der Waals surface area contributed by atoms with Crippen molar-refractivity contribution in [2.75, 3.05) is 0 Å². The molecule has 4 nitrogen and oxygen atoms in total. The summed E-state index contributed by atoms with van der Waals surface area (Å²) in [5, 5.41) is 1.91. The summed E-state index contributed by atoms with van der Waals surface area (Å²) in [5.41, 5.74) is 3.73. The maximum atomic E-state index is 10.6. The largest absolute Gasteiger partial charge is 0.326 e. The molecular formula is C14H12N3O+. The number of nitrogens with zero attached hydrogens (tertiary/aromatic N) is 2. The van der Waals surface area contributed by atoms with E-state index in [9.17, 15) is 4.91 Å². The quantitative estimate of drug-likeness (QED) is 0.752. The highest BCUT2D eigenvalue weighted by Gasteiger charge is 2.04. The molecule has 0 unspecified atom stereocenters. The van der Waals surface area contributed by atoms with E-state index in [-0.39, 0.29) is 0 Å². The van der Waals surface area contributed by atoms with Crippen LogP contribution in [-0.4, -0.2) is 9.55 Å². The fourth-order valence-electron chi connectivity index (χ4n) is 2.07. The molecule has 0 radical (unpaired) electrons. The molecule has 1 N–H and O–H groups in total. The van der Waals surface area contributed by atoms with E-state index in [1.165, 1.54) is 0 Å². The third-order valence-corrected chi connectivity index (χ3v) is 2.93. The first kappa shape index (κ1) is 10.7. The molecule has 0 aliphatic rings. The summed E-state index contributed by atoms with van der Waals surface area (Å²) in [6.45, 7) is 0.704. The van der Waals surface area contributed by atoms with Crippen molar-refractivity contribution in [2.24, 2.45) is 0 Å². The lowest BCUT2D eigenvalue weighted by Crippen LogP contribution is -2.55. The molecule has 0 fully saturated rings. The van der Waals surface area contributed by atoms with Gasteiger partial charge in [0, 0.05) is 28.8 Å². The second kappa shape index (κ2) is 4.41. The lowest BCUT2D eigenvalue weighted by atomic mass is 10.2. The highest BCUT2D eigenvalue weighted by molar-refractivity contribution is 5.75. The van der Waals surface area contributed by atoms with Gasteiger partial charge in [0.1, 0.15) is 0 Å². The Morgan fingerprint density at radius 1 is 1.11 bits per heavy atom. The standard InChI is InChI=1S/C14H11N3O/c18-16-12-5-3-4-11(8-12)9-17-10-15-13-6-1-2-7-14(13)17/h1-8,10H,9H2/p+1. The van der Waals surface area contributed by atoms with Crippen LogP contribution in [0.1, 0.15) is 5.56 Å². The SMILES string of the molecule is O=[NH+]c1cccc(Cn2cnc3ccccc32)c1. The second-order valence-electron chi connectivity index (χ2n) is 4.16. The van der Waals surface area contributed by atoms with Crippen molar-refractivity contribution >= 4 is 16.7 Å². The average molecular weight is 238 g/mol. The first-order valence-corrected chi connectivity index (χ1v) is 5.74. The van der Waals surface area contributed by atoms with Gasteiger partial charge >= 0.3 is 0 Å². The van der Waals surface area contributed by atoms with Gasteiger partial charge < -0.3 is 4.57 Å². The summed E-state index contributed by atoms with van der Waals surface area (Å²) in [6.07, 6.45) is 1.82. The Morgan fingerprint density at radius 3 is 2.89 bits per heavy atom. The van der Waals surface area contributed by atoms with E-state index in [1.54, 1.807) is 6.07 Å². The summed E-state index contributed by atoms with van der Waals surface area (Å²) in [5.74, 6) is 0. The van der Waals surface area contributed by atoms with Crippen molar-refractivity contribution in [3.05, 3.63) is 65.3 Å². The van der Waals surface area contributed by atoms with Crippen LogP contribution >= 0.6 is 0 Å². The Bertz CT molecular complexity index is 703. The lowest BCUT2D eigenvalue weighted by Gasteiger charge is -2.03. The molecule has 3 aromatic rings. The number of rotatable bonds is 3. The molecule has 0 atom stereocenters. The van der Waals surface area contributed by atoms with Gasteiger partial charge in [0.05, 0.1) is 17.4 Å². The Labute approximate surface area is 104 Å². The monoisotopic (exact) mass is 238 g/mol. The minimum atomic E-state index is 0.580. The van der Waals surface area contributed by atoms with Crippen LogP contribution < -0.4 is 5.18 Å². The van der Waals surface area contributed by atoms with E-state index >= 15 is 0 Å².